The maximum absolute atomic E-state index is 9.98. The molecule has 6 heteroatoms. The second-order valence-corrected chi connectivity index (χ2v) is 6.63. The Balaban J connectivity index is 1.84. The number of benzene rings is 2. The minimum absolute atomic E-state index is 0.173. The number of furan rings is 1. The van der Waals surface area contributed by atoms with E-state index in [4.69, 9.17) is 4.42 Å². The molecule has 4 rings (SSSR count). The van der Waals surface area contributed by atoms with E-state index in [0.717, 1.165) is 21.5 Å². The van der Waals surface area contributed by atoms with Crippen LogP contribution in [0.5, 0.6) is 5.75 Å². The van der Waals surface area contributed by atoms with Gasteiger partial charge in [0.15, 0.2) is 5.76 Å². The molecule has 134 valence electrons. The Morgan fingerprint density at radius 1 is 1.15 bits per heavy atom. The Hall–Kier alpha value is -3.38. The van der Waals surface area contributed by atoms with E-state index in [1.54, 1.807) is 35.2 Å². The number of rotatable bonds is 5. The zero-order valence-corrected chi connectivity index (χ0v) is 15.3. The lowest BCUT2D eigenvalue weighted by atomic mass is 10.2. The van der Waals surface area contributed by atoms with Gasteiger partial charge in [-0.15, -0.1) is 17.9 Å². The first kappa shape index (κ1) is 17.1. The van der Waals surface area contributed by atoms with Gasteiger partial charge in [0.05, 0.1) is 12.8 Å². The highest BCUT2D eigenvalue weighted by Gasteiger charge is 2.12. The van der Waals surface area contributed by atoms with Gasteiger partial charge in [-0.3, -0.25) is 4.99 Å². The van der Waals surface area contributed by atoms with Crippen molar-refractivity contribution in [3.05, 3.63) is 83.0 Å². The molecular weight excluding hydrogens is 358 g/mol. The van der Waals surface area contributed by atoms with E-state index in [9.17, 15) is 5.11 Å². The predicted octanol–water partition coefficient (Wildman–Crippen LogP) is 4.64. The number of phenolic OH excluding ortho intramolecular Hbond substituents is 1. The van der Waals surface area contributed by atoms with Crippen LogP contribution in [0.15, 0.2) is 87.1 Å². The van der Waals surface area contributed by atoms with Crippen molar-refractivity contribution in [3.63, 3.8) is 0 Å². The number of hydrogen-bond donors (Lipinski definition) is 1. The maximum Gasteiger partial charge on any atom is 0.206 e. The van der Waals surface area contributed by atoms with Crippen molar-refractivity contribution >= 4 is 28.5 Å². The van der Waals surface area contributed by atoms with Crippen LogP contribution in [-0.2, 0) is 0 Å². The number of phenols is 1. The first-order valence-corrected chi connectivity index (χ1v) is 9.27. The minimum atomic E-state index is 0.173. The highest BCUT2D eigenvalue weighted by atomic mass is 32.1. The van der Waals surface area contributed by atoms with Crippen molar-refractivity contribution < 1.29 is 9.52 Å². The Morgan fingerprint density at radius 2 is 1.96 bits per heavy atom. The van der Waals surface area contributed by atoms with Crippen molar-refractivity contribution in [1.29, 1.82) is 0 Å². The van der Waals surface area contributed by atoms with Gasteiger partial charge in [-0.05, 0) is 24.3 Å². The highest BCUT2D eigenvalue weighted by molar-refractivity contribution is 7.07. The molecule has 0 spiro atoms. The molecule has 0 saturated heterocycles. The summed E-state index contributed by atoms with van der Waals surface area (Å²) in [5.41, 5.74) is 2.24. The molecule has 0 unspecified atom stereocenters. The number of thiazole rings is 1. The SMILES string of the molecule is C=CCN=c1scc(-c2cc3ccccc3o2)n1N=Cc1ccccc1O. The van der Waals surface area contributed by atoms with Crippen LogP contribution >= 0.6 is 11.3 Å². The smallest absolute Gasteiger partial charge is 0.206 e. The second-order valence-electron chi connectivity index (χ2n) is 5.80. The van der Waals surface area contributed by atoms with Crippen molar-refractivity contribution in [3.8, 4) is 17.2 Å². The number of para-hydroxylation sites is 2. The molecule has 1 N–H and O–H groups in total. The Kier molecular flexibility index (Phi) is 4.72. The lowest BCUT2D eigenvalue weighted by molar-refractivity contribution is 0.474. The van der Waals surface area contributed by atoms with E-state index in [1.807, 2.05) is 41.8 Å². The molecule has 5 nitrogen and oxygen atoms in total. The Labute approximate surface area is 159 Å². The molecule has 0 bridgehead atoms. The van der Waals surface area contributed by atoms with Crippen LogP contribution in [0.2, 0.25) is 0 Å². The summed E-state index contributed by atoms with van der Waals surface area (Å²) in [6, 6.07) is 16.9. The average molecular weight is 375 g/mol. The van der Waals surface area contributed by atoms with E-state index >= 15 is 0 Å². The molecule has 0 radical (unpaired) electrons. The molecule has 0 amide bonds. The van der Waals surface area contributed by atoms with E-state index in [2.05, 4.69) is 16.7 Å². The van der Waals surface area contributed by atoms with Crippen LogP contribution in [0, 0.1) is 0 Å². The first-order chi connectivity index (χ1) is 13.3. The number of aromatic nitrogens is 1. The molecule has 4 aromatic rings. The summed E-state index contributed by atoms with van der Waals surface area (Å²) in [6.07, 6.45) is 3.35. The summed E-state index contributed by atoms with van der Waals surface area (Å²) in [6.45, 7) is 4.21. The fraction of sp³-hybridized carbons (Fsp3) is 0.0476. The fourth-order valence-corrected chi connectivity index (χ4v) is 3.48. The number of hydrogen-bond acceptors (Lipinski definition) is 5. The predicted molar refractivity (Wildman–Crippen MR) is 109 cm³/mol. The molecule has 2 aromatic carbocycles. The summed E-state index contributed by atoms with van der Waals surface area (Å²) in [5.74, 6) is 0.883. The third-order valence-corrected chi connectivity index (χ3v) is 4.82. The largest absolute Gasteiger partial charge is 0.507 e. The quantitative estimate of drug-likeness (QED) is 0.408. The monoisotopic (exact) mass is 375 g/mol. The maximum atomic E-state index is 9.98. The van der Waals surface area contributed by atoms with Crippen LogP contribution in [0.4, 0.5) is 0 Å². The van der Waals surface area contributed by atoms with E-state index < -0.39 is 0 Å². The lowest BCUT2D eigenvalue weighted by Gasteiger charge is -2.01. The molecule has 0 aliphatic carbocycles. The van der Waals surface area contributed by atoms with E-state index in [0.29, 0.717) is 17.9 Å². The zero-order valence-electron chi connectivity index (χ0n) is 14.4. The van der Waals surface area contributed by atoms with Crippen molar-refractivity contribution in [2.24, 2.45) is 10.1 Å². The van der Waals surface area contributed by atoms with Gasteiger partial charge in [0.2, 0.25) is 4.80 Å². The summed E-state index contributed by atoms with van der Waals surface area (Å²) < 4.78 is 7.71. The first-order valence-electron chi connectivity index (χ1n) is 8.39. The van der Waals surface area contributed by atoms with Crippen molar-refractivity contribution in [2.45, 2.75) is 0 Å². The van der Waals surface area contributed by atoms with Gasteiger partial charge in [-0.1, -0.05) is 36.4 Å². The van der Waals surface area contributed by atoms with Crippen LogP contribution in [0.1, 0.15) is 5.56 Å². The lowest BCUT2D eigenvalue weighted by Crippen LogP contribution is -2.12. The molecule has 0 fully saturated rings. The van der Waals surface area contributed by atoms with Crippen LogP contribution in [0.3, 0.4) is 0 Å². The Morgan fingerprint density at radius 3 is 2.78 bits per heavy atom. The second kappa shape index (κ2) is 7.47. The van der Waals surface area contributed by atoms with Gasteiger partial charge in [-0.2, -0.15) is 5.10 Å². The molecule has 0 aliphatic rings. The van der Waals surface area contributed by atoms with E-state index in [1.165, 1.54) is 11.3 Å². The molecule has 0 atom stereocenters. The summed E-state index contributed by atoms with van der Waals surface area (Å²) in [7, 11) is 0. The van der Waals surface area contributed by atoms with Gasteiger partial charge < -0.3 is 9.52 Å². The summed E-state index contributed by atoms with van der Waals surface area (Å²) >= 11 is 1.47. The van der Waals surface area contributed by atoms with Gasteiger partial charge >= 0.3 is 0 Å². The van der Waals surface area contributed by atoms with Gasteiger partial charge in [0, 0.05) is 16.3 Å². The summed E-state index contributed by atoms with van der Waals surface area (Å²) in [5, 5.41) is 17.5. The van der Waals surface area contributed by atoms with E-state index in [-0.39, 0.29) is 5.75 Å². The van der Waals surface area contributed by atoms with Crippen LogP contribution in [-0.4, -0.2) is 22.5 Å². The third-order valence-electron chi connectivity index (χ3n) is 3.97. The molecule has 2 aromatic heterocycles. The fourth-order valence-electron chi connectivity index (χ4n) is 2.66. The van der Waals surface area contributed by atoms with Gasteiger partial charge in [0.25, 0.3) is 0 Å². The molecule has 0 aliphatic heterocycles. The Bertz CT molecular complexity index is 1160. The highest BCUT2D eigenvalue weighted by Crippen LogP contribution is 2.28. The average Bonchev–Trinajstić information content (AvgIpc) is 3.29. The number of nitrogens with zero attached hydrogens (tertiary/aromatic N) is 3. The van der Waals surface area contributed by atoms with Crippen molar-refractivity contribution in [2.75, 3.05) is 6.54 Å². The molecule has 2 heterocycles. The van der Waals surface area contributed by atoms with Crippen LogP contribution < -0.4 is 4.80 Å². The van der Waals surface area contributed by atoms with Gasteiger partial charge in [0.1, 0.15) is 17.0 Å². The standard InChI is InChI=1S/C21H17N3O2S/c1-2-11-22-21-24(23-13-16-8-3-5-9-18(16)25)17(14-27-21)20-12-15-7-4-6-10-19(15)26-20/h2-10,12-14,25H,1,11H2. The van der Waals surface area contributed by atoms with Gasteiger partial charge in [-0.25, -0.2) is 4.68 Å². The molecule has 0 saturated carbocycles. The summed E-state index contributed by atoms with van der Waals surface area (Å²) in [4.78, 5) is 5.22. The topological polar surface area (TPSA) is 63.0 Å². The molecular formula is C21H17N3O2S. The molecule has 27 heavy (non-hydrogen) atoms. The number of fused-ring (bicyclic) bond motifs is 1. The van der Waals surface area contributed by atoms with Crippen LogP contribution in [0.25, 0.3) is 22.4 Å². The number of aromatic hydroxyl groups is 1. The third kappa shape index (κ3) is 3.47. The normalized spacial score (nSPS) is 12.2. The minimum Gasteiger partial charge on any atom is -0.507 e. The zero-order chi connectivity index (χ0) is 18.6. The van der Waals surface area contributed by atoms with Crippen molar-refractivity contribution in [1.82, 2.24) is 4.68 Å².